The zero-order valence-corrected chi connectivity index (χ0v) is 13.8. The molecule has 0 aliphatic rings. The summed E-state index contributed by atoms with van der Waals surface area (Å²) in [6, 6.07) is 13.0. The lowest BCUT2D eigenvalue weighted by Crippen LogP contribution is -2.31. The van der Waals surface area contributed by atoms with Crippen molar-refractivity contribution < 1.29 is 14.7 Å². The standard InChI is InChI=1S/C18H14ClN3O3/c19-13-6-2-1-5-12(13)15(10-16(23)24)22-18(25)14-8-7-11-4-3-9-20-17(11)21-14/h1-9,15H,10H2,(H,22,25)(H,23,24)/t15-/m0/s1. The summed E-state index contributed by atoms with van der Waals surface area (Å²) in [4.78, 5) is 32.0. The van der Waals surface area contributed by atoms with E-state index in [2.05, 4.69) is 15.3 Å². The van der Waals surface area contributed by atoms with Crippen molar-refractivity contribution in [3.63, 3.8) is 0 Å². The molecule has 1 amide bonds. The van der Waals surface area contributed by atoms with E-state index in [9.17, 15) is 9.59 Å². The van der Waals surface area contributed by atoms with Crippen LogP contribution < -0.4 is 5.32 Å². The molecule has 126 valence electrons. The summed E-state index contributed by atoms with van der Waals surface area (Å²) in [6.45, 7) is 0. The molecule has 6 nitrogen and oxygen atoms in total. The number of carboxylic acid groups (broad SMARTS) is 1. The summed E-state index contributed by atoms with van der Waals surface area (Å²) in [5.41, 5.74) is 1.15. The third kappa shape index (κ3) is 3.92. The van der Waals surface area contributed by atoms with Crippen molar-refractivity contribution in [1.29, 1.82) is 0 Å². The van der Waals surface area contributed by atoms with Crippen LogP contribution in [0.3, 0.4) is 0 Å². The van der Waals surface area contributed by atoms with E-state index < -0.39 is 17.9 Å². The molecule has 2 heterocycles. The minimum absolute atomic E-state index is 0.161. The average Bonchev–Trinajstić information content (AvgIpc) is 2.60. The zero-order chi connectivity index (χ0) is 17.8. The molecule has 0 unspecified atom stereocenters. The fraction of sp³-hybridized carbons (Fsp3) is 0.111. The molecule has 0 saturated heterocycles. The van der Waals surface area contributed by atoms with E-state index in [1.165, 1.54) is 0 Å². The summed E-state index contributed by atoms with van der Waals surface area (Å²) in [7, 11) is 0. The highest BCUT2D eigenvalue weighted by molar-refractivity contribution is 6.31. The first-order valence-electron chi connectivity index (χ1n) is 7.53. The number of rotatable bonds is 5. The number of halogens is 1. The van der Waals surface area contributed by atoms with E-state index in [0.717, 1.165) is 5.39 Å². The second-order valence-corrected chi connectivity index (χ2v) is 5.80. The van der Waals surface area contributed by atoms with Gasteiger partial charge in [0.1, 0.15) is 5.69 Å². The van der Waals surface area contributed by atoms with Crippen LogP contribution in [-0.2, 0) is 4.79 Å². The van der Waals surface area contributed by atoms with Crippen molar-refractivity contribution in [3.8, 4) is 0 Å². The van der Waals surface area contributed by atoms with Gasteiger partial charge in [-0.25, -0.2) is 9.97 Å². The third-order valence-electron chi connectivity index (χ3n) is 3.66. The molecule has 7 heteroatoms. The summed E-state index contributed by atoms with van der Waals surface area (Å²) in [5, 5.41) is 13.0. The number of nitrogens with one attached hydrogen (secondary N) is 1. The molecule has 0 aliphatic carbocycles. The topological polar surface area (TPSA) is 92.2 Å². The van der Waals surface area contributed by atoms with E-state index in [1.807, 2.05) is 6.07 Å². The number of benzene rings is 1. The van der Waals surface area contributed by atoms with Crippen molar-refractivity contribution >= 4 is 34.5 Å². The molecule has 2 N–H and O–H groups in total. The zero-order valence-electron chi connectivity index (χ0n) is 13.0. The van der Waals surface area contributed by atoms with Gasteiger partial charge in [-0.05, 0) is 35.9 Å². The number of fused-ring (bicyclic) bond motifs is 1. The smallest absolute Gasteiger partial charge is 0.305 e. The number of amides is 1. The molecule has 2 aromatic heterocycles. The molecule has 3 aromatic rings. The Morgan fingerprint density at radius 1 is 1.12 bits per heavy atom. The lowest BCUT2D eigenvalue weighted by molar-refractivity contribution is -0.137. The summed E-state index contributed by atoms with van der Waals surface area (Å²) >= 11 is 6.14. The number of aliphatic carboxylic acids is 1. The van der Waals surface area contributed by atoms with Crippen LogP contribution in [-0.4, -0.2) is 27.0 Å². The van der Waals surface area contributed by atoms with Gasteiger partial charge in [-0.2, -0.15) is 0 Å². The first-order valence-corrected chi connectivity index (χ1v) is 7.91. The molecule has 0 bridgehead atoms. The van der Waals surface area contributed by atoms with Crippen LogP contribution in [0.2, 0.25) is 5.02 Å². The molecule has 0 aliphatic heterocycles. The second kappa shape index (κ2) is 7.27. The first-order chi connectivity index (χ1) is 12.0. The highest BCUT2D eigenvalue weighted by atomic mass is 35.5. The number of pyridine rings is 2. The maximum Gasteiger partial charge on any atom is 0.305 e. The number of aromatic nitrogens is 2. The van der Waals surface area contributed by atoms with Crippen LogP contribution in [0.4, 0.5) is 0 Å². The van der Waals surface area contributed by atoms with Gasteiger partial charge in [-0.1, -0.05) is 29.8 Å². The Bertz CT molecular complexity index is 946. The van der Waals surface area contributed by atoms with Gasteiger partial charge in [-0.15, -0.1) is 0 Å². The van der Waals surface area contributed by atoms with Crippen LogP contribution >= 0.6 is 11.6 Å². The van der Waals surface area contributed by atoms with Crippen LogP contribution in [0.25, 0.3) is 11.0 Å². The fourth-order valence-corrected chi connectivity index (χ4v) is 2.75. The van der Waals surface area contributed by atoms with Gasteiger partial charge in [0.05, 0.1) is 12.5 Å². The first kappa shape index (κ1) is 16.9. The van der Waals surface area contributed by atoms with Gasteiger partial charge in [0.2, 0.25) is 0 Å². The Morgan fingerprint density at radius 2 is 1.92 bits per heavy atom. The van der Waals surface area contributed by atoms with Crippen LogP contribution in [0, 0.1) is 0 Å². The van der Waals surface area contributed by atoms with Crippen molar-refractivity contribution in [2.24, 2.45) is 0 Å². The van der Waals surface area contributed by atoms with Crippen molar-refractivity contribution in [3.05, 3.63) is 71.0 Å². The Balaban J connectivity index is 1.88. The SMILES string of the molecule is O=C(O)C[C@H](NC(=O)c1ccc2cccnc2n1)c1ccccc1Cl. The minimum Gasteiger partial charge on any atom is -0.481 e. The van der Waals surface area contributed by atoms with Crippen LogP contribution in [0.15, 0.2) is 54.7 Å². The van der Waals surface area contributed by atoms with Crippen molar-refractivity contribution in [2.45, 2.75) is 12.5 Å². The molecule has 1 atom stereocenters. The lowest BCUT2D eigenvalue weighted by atomic mass is 10.0. The predicted octanol–water partition coefficient (Wildman–Crippen LogP) is 3.23. The number of hydrogen-bond acceptors (Lipinski definition) is 4. The van der Waals surface area contributed by atoms with Gasteiger partial charge in [-0.3, -0.25) is 9.59 Å². The van der Waals surface area contributed by atoms with Gasteiger partial charge >= 0.3 is 5.97 Å². The molecule has 25 heavy (non-hydrogen) atoms. The van der Waals surface area contributed by atoms with Crippen LogP contribution in [0.1, 0.15) is 28.5 Å². The minimum atomic E-state index is -1.04. The number of carboxylic acids is 1. The Labute approximate surface area is 148 Å². The Morgan fingerprint density at radius 3 is 2.68 bits per heavy atom. The Kier molecular flexibility index (Phi) is 4.90. The molecule has 0 saturated carbocycles. The fourth-order valence-electron chi connectivity index (χ4n) is 2.48. The van der Waals surface area contributed by atoms with Crippen LogP contribution in [0.5, 0.6) is 0 Å². The van der Waals surface area contributed by atoms with E-state index in [0.29, 0.717) is 16.2 Å². The van der Waals surface area contributed by atoms with E-state index >= 15 is 0 Å². The maximum atomic E-state index is 12.5. The third-order valence-corrected chi connectivity index (χ3v) is 4.01. The maximum absolute atomic E-state index is 12.5. The largest absolute Gasteiger partial charge is 0.481 e. The highest BCUT2D eigenvalue weighted by Crippen LogP contribution is 2.25. The summed E-state index contributed by atoms with van der Waals surface area (Å²) < 4.78 is 0. The quantitative estimate of drug-likeness (QED) is 0.733. The van der Waals surface area contributed by atoms with Crippen molar-refractivity contribution in [2.75, 3.05) is 0 Å². The van der Waals surface area contributed by atoms with E-state index in [-0.39, 0.29) is 12.1 Å². The molecule has 0 spiro atoms. The highest BCUT2D eigenvalue weighted by Gasteiger charge is 2.21. The normalized spacial score (nSPS) is 11.9. The Hall–Kier alpha value is -2.99. The molecular formula is C18H14ClN3O3. The van der Waals surface area contributed by atoms with Gasteiger partial charge in [0, 0.05) is 16.6 Å². The average molecular weight is 356 g/mol. The monoisotopic (exact) mass is 355 g/mol. The number of carbonyl (C=O) groups excluding carboxylic acids is 1. The van der Waals surface area contributed by atoms with Gasteiger partial charge < -0.3 is 10.4 Å². The molecule has 3 rings (SSSR count). The number of carbonyl (C=O) groups is 2. The lowest BCUT2D eigenvalue weighted by Gasteiger charge is -2.18. The molecule has 0 radical (unpaired) electrons. The second-order valence-electron chi connectivity index (χ2n) is 5.39. The summed E-state index contributed by atoms with van der Waals surface area (Å²) in [6.07, 6.45) is 1.30. The molecular weight excluding hydrogens is 342 g/mol. The molecule has 1 aromatic carbocycles. The number of hydrogen-bond donors (Lipinski definition) is 2. The molecule has 0 fully saturated rings. The summed E-state index contributed by atoms with van der Waals surface area (Å²) in [5.74, 6) is -1.53. The van der Waals surface area contributed by atoms with Crippen molar-refractivity contribution in [1.82, 2.24) is 15.3 Å². The van der Waals surface area contributed by atoms with Gasteiger partial charge in [0.15, 0.2) is 5.65 Å². The number of nitrogens with zero attached hydrogens (tertiary/aromatic N) is 2. The van der Waals surface area contributed by atoms with E-state index in [4.69, 9.17) is 16.7 Å². The predicted molar refractivity (Wildman–Crippen MR) is 93.5 cm³/mol. The van der Waals surface area contributed by atoms with E-state index in [1.54, 1.807) is 48.7 Å². The van der Waals surface area contributed by atoms with Gasteiger partial charge in [0.25, 0.3) is 5.91 Å².